The van der Waals surface area contributed by atoms with Gasteiger partial charge in [-0.3, -0.25) is 0 Å². The maximum atomic E-state index is 9.63. The second-order valence-electron chi connectivity index (χ2n) is 0.457. The molecule has 1 unspecified atom stereocenters. The molecule has 0 saturated carbocycles. The molecule has 0 bridgehead atoms. The summed E-state index contributed by atoms with van der Waals surface area (Å²) in [5, 5.41) is 0. The van der Waals surface area contributed by atoms with E-state index in [1.54, 1.807) is 0 Å². The first-order valence-corrected chi connectivity index (χ1v) is 3.03. The second kappa shape index (κ2) is 3.18. The normalized spacial score (nSPS) is 12.8. The average molecular weight is 127 g/mol. The van der Waals surface area contributed by atoms with Crippen molar-refractivity contribution in [2.24, 2.45) is 0 Å². The summed E-state index contributed by atoms with van der Waals surface area (Å²) in [5.41, 5.74) is 0. The number of hydrogen-bond donors (Lipinski definition) is 0. The molecule has 0 N–H and O–H groups in total. The fourth-order valence-corrected chi connectivity index (χ4v) is 0.315. The van der Waals surface area contributed by atoms with Crippen molar-refractivity contribution in [1.29, 1.82) is 0 Å². The summed E-state index contributed by atoms with van der Waals surface area (Å²) < 4.78 is 13.7. The largest absolute Gasteiger partial charge is 0.398 e. The van der Waals surface area contributed by atoms with Gasteiger partial charge in [0.15, 0.2) is 0 Å². The summed E-state index contributed by atoms with van der Waals surface area (Å²) in [7, 11) is 3.05. The summed E-state index contributed by atoms with van der Waals surface area (Å²) in [4.78, 5) is 0. The maximum absolute atomic E-state index is 9.63. The predicted octanol–water partition coefficient (Wildman–Crippen LogP) is 0.964. The molecular weight excluding hydrogens is 124 g/mol. The molecule has 0 heterocycles. The van der Waals surface area contributed by atoms with E-state index in [1.807, 2.05) is 0 Å². The van der Waals surface area contributed by atoms with Gasteiger partial charge in [-0.25, -0.2) is 0 Å². The fraction of sp³-hybridized carbons (Fsp3) is 0. The Balaban J connectivity index is 3.05. The Bertz CT molecular complexity index is 71.9. The molecular formula is C2H3ClO2S. The smallest absolute Gasteiger partial charge is 0.308 e. The molecule has 0 spiro atoms. The molecule has 1 atom stereocenters. The highest BCUT2D eigenvalue weighted by Crippen LogP contribution is 1.88. The van der Waals surface area contributed by atoms with Gasteiger partial charge in [0.2, 0.25) is 0 Å². The first-order valence-electron chi connectivity index (χ1n) is 1.13. The molecule has 0 aliphatic rings. The van der Waals surface area contributed by atoms with Gasteiger partial charge in [-0.2, -0.15) is 4.21 Å². The van der Waals surface area contributed by atoms with Gasteiger partial charge in [0.1, 0.15) is 0 Å². The van der Waals surface area contributed by atoms with E-state index in [4.69, 9.17) is 10.7 Å². The van der Waals surface area contributed by atoms with E-state index in [-0.39, 0.29) is 0 Å². The summed E-state index contributed by atoms with van der Waals surface area (Å²) in [6, 6.07) is 0. The Morgan fingerprint density at radius 3 is 2.50 bits per heavy atom. The standard InChI is InChI=1S/C2H3ClO2S/c1-2-5-6(3)4/h2H,1H2. The Labute approximate surface area is 42.9 Å². The van der Waals surface area contributed by atoms with Crippen LogP contribution in [0.1, 0.15) is 0 Å². The molecule has 0 radical (unpaired) electrons. The van der Waals surface area contributed by atoms with Crippen molar-refractivity contribution < 1.29 is 8.39 Å². The van der Waals surface area contributed by atoms with Crippen LogP contribution >= 0.6 is 10.7 Å². The van der Waals surface area contributed by atoms with Crippen molar-refractivity contribution in [2.45, 2.75) is 0 Å². The molecule has 2 nitrogen and oxygen atoms in total. The van der Waals surface area contributed by atoms with Crippen LogP contribution in [0.2, 0.25) is 0 Å². The van der Waals surface area contributed by atoms with Gasteiger partial charge in [0, 0.05) is 10.7 Å². The van der Waals surface area contributed by atoms with Gasteiger partial charge in [-0.15, -0.1) is 0 Å². The zero-order valence-corrected chi connectivity index (χ0v) is 4.46. The molecule has 0 saturated heterocycles. The highest BCUT2D eigenvalue weighted by molar-refractivity contribution is 8.04. The zero-order valence-electron chi connectivity index (χ0n) is 2.89. The van der Waals surface area contributed by atoms with Crippen LogP contribution in [0.3, 0.4) is 0 Å². The molecule has 0 aromatic rings. The lowest BCUT2D eigenvalue weighted by Crippen LogP contribution is -1.73. The third-order valence-electron chi connectivity index (χ3n) is 0.144. The fourth-order valence-electron chi connectivity index (χ4n) is 0.0535. The Morgan fingerprint density at radius 2 is 2.50 bits per heavy atom. The number of hydrogen-bond acceptors (Lipinski definition) is 2. The highest BCUT2D eigenvalue weighted by Gasteiger charge is 1.80. The first kappa shape index (κ1) is 5.98. The van der Waals surface area contributed by atoms with E-state index in [1.165, 1.54) is 0 Å². The van der Waals surface area contributed by atoms with Crippen LogP contribution in [0.15, 0.2) is 12.8 Å². The third kappa shape index (κ3) is 3.98. The molecule has 4 heteroatoms. The van der Waals surface area contributed by atoms with Crippen LogP contribution in [0.25, 0.3) is 0 Å². The topological polar surface area (TPSA) is 26.3 Å². The van der Waals surface area contributed by atoms with Crippen molar-refractivity contribution in [3.05, 3.63) is 12.8 Å². The number of halogens is 1. The van der Waals surface area contributed by atoms with Gasteiger partial charge in [0.05, 0.1) is 6.26 Å². The van der Waals surface area contributed by atoms with Crippen molar-refractivity contribution >= 4 is 21.0 Å². The Kier molecular flexibility index (Phi) is 3.17. The zero-order chi connectivity index (χ0) is 4.99. The van der Waals surface area contributed by atoms with E-state index in [9.17, 15) is 4.21 Å². The lowest BCUT2D eigenvalue weighted by atomic mass is 11.2. The first-order chi connectivity index (χ1) is 2.77. The second-order valence-corrected chi connectivity index (χ2v) is 1.79. The van der Waals surface area contributed by atoms with Crippen LogP contribution in [-0.4, -0.2) is 4.21 Å². The third-order valence-corrected chi connectivity index (χ3v) is 0.649. The molecule has 0 aliphatic carbocycles. The van der Waals surface area contributed by atoms with E-state index in [2.05, 4.69) is 10.8 Å². The summed E-state index contributed by atoms with van der Waals surface area (Å²) in [5.74, 6) is 0. The van der Waals surface area contributed by atoms with Crippen molar-refractivity contribution in [2.75, 3.05) is 0 Å². The summed E-state index contributed by atoms with van der Waals surface area (Å²) in [6.07, 6.45) is 1.02. The van der Waals surface area contributed by atoms with Gasteiger partial charge < -0.3 is 4.18 Å². The van der Waals surface area contributed by atoms with Crippen molar-refractivity contribution in [1.82, 2.24) is 0 Å². The lowest BCUT2D eigenvalue weighted by molar-refractivity contribution is 0.520. The van der Waals surface area contributed by atoms with E-state index in [0.29, 0.717) is 0 Å². The van der Waals surface area contributed by atoms with Gasteiger partial charge in [-0.1, -0.05) is 6.58 Å². The minimum atomic E-state index is -1.71. The Morgan fingerprint density at radius 1 is 2.00 bits per heavy atom. The van der Waals surface area contributed by atoms with Crippen molar-refractivity contribution in [3.8, 4) is 0 Å². The molecule has 6 heavy (non-hydrogen) atoms. The van der Waals surface area contributed by atoms with Gasteiger partial charge in [-0.05, 0) is 0 Å². The van der Waals surface area contributed by atoms with Gasteiger partial charge >= 0.3 is 10.3 Å². The molecule has 0 rings (SSSR count). The molecule has 0 aromatic carbocycles. The van der Waals surface area contributed by atoms with E-state index < -0.39 is 10.3 Å². The van der Waals surface area contributed by atoms with E-state index >= 15 is 0 Å². The number of rotatable bonds is 2. The minimum Gasteiger partial charge on any atom is -0.398 e. The quantitative estimate of drug-likeness (QED) is 0.407. The summed E-state index contributed by atoms with van der Waals surface area (Å²) >= 11 is 0. The van der Waals surface area contributed by atoms with Crippen LogP contribution in [0.4, 0.5) is 0 Å². The van der Waals surface area contributed by atoms with E-state index in [0.717, 1.165) is 6.26 Å². The highest BCUT2D eigenvalue weighted by atomic mass is 35.7. The molecule has 0 amide bonds. The maximum Gasteiger partial charge on any atom is 0.308 e. The SMILES string of the molecule is C=COS(=O)Cl. The van der Waals surface area contributed by atoms with Crippen LogP contribution in [0, 0.1) is 0 Å². The summed E-state index contributed by atoms with van der Waals surface area (Å²) in [6.45, 7) is 3.10. The van der Waals surface area contributed by atoms with Crippen molar-refractivity contribution in [3.63, 3.8) is 0 Å². The Hall–Kier alpha value is -0.0200. The average Bonchev–Trinajstić information content (AvgIpc) is 1.35. The lowest BCUT2D eigenvalue weighted by Gasteiger charge is -1.81. The van der Waals surface area contributed by atoms with Gasteiger partial charge in [0.25, 0.3) is 0 Å². The molecule has 0 fully saturated rings. The molecule has 0 aliphatic heterocycles. The minimum absolute atomic E-state index is 1.02. The predicted molar refractivity (Wildman–Crippen MR) is 25.3 cm³/mol. The van der Waals surface area contributed by atoms with Crippen LogP contribution < -0.4 is 0 Å². The van der Waals surface area contributed by atoms with Crippen LogP contribution in [-0.2, 0) is 14.5 Å². The molecule has 0 aromatic heterocycles. The van der Waals surface area contributed by atoms with Crippen LogP contribution in [0.5, 0.6) is 0 Å². The monoisotopic (exact) mass is 126 g/mol. The molecule has 36 valence electrons.